The van der Waals surface area contributed by atoms with E-state index in [9.17, 15) is 71.9 Å². The summed E-state index contributed by atoms with van der Waals surface area (Å²) in [6.45, 7) is 6.96. The largest absolute Gasteiger partial charge is 0.481 e. The monoisotopic (exact) mass is 1370 g/mol. The molecule has 32 heteroatoms. The summed E-state index contributed by atoms with van der Waals surface area (Å²) in [4.78, 5) is 72.8. The second kappa shape index (κ2) is 32.3. The van der Waals surface area contributed by atoms with E-state index in [1.165, 1.54) is 24.8 Å². The number of hydrogen-bond donors (Lipinski definition) is 2. The summed E-state index contributed by atoms with van der Waals surface area (Å²) in [6.07, 6.45) is -3.20. The molecule has 2 aromatic carbocycles. The first kappa shape index (κ1) is 74.7. The Morgan fingerprint density at radius 1 is 0.490 bits per heavy atom. The van der Waals surface area contributed by atoms with Crippen molar-refractivity contribution in [3.63, 3.8) is 0 Å². The van der Waals surface area contributed by atoms with Crippen molar-refractivity contribution in [3.8, 4) is 22.3 Å². The summed E-state index contributed by atoms with van der Waals surface area (Å²) in [7, 11) is 3.48. The smallest absolute Gasteiger partial charge is 0.416 e. The minimum Gasteiger partial charge on any atom is -0.481 e. The summed E-state index contributed by atoms with van der Waals surface area (Å²) < 4.78 is 179. The number of likely N-dealkylation sites (tertiary alicyclic amines) is 2. The molecule has 20 nitrogen and oxygen atoms in total. The number of aryl methyl sites for hydroxylation is 2. The molecule has 0 saturated carbocycles. The van der Waals surface area contributed by atoms with Crippen molar-refractivity contribution >= 4 is 36.0 Å². The number of carboxylic acids is 1. The second-order valence-electron chi connectivity index (χ2n) is 23.7. The number of carbonyl (C=O) groups excluding carboxylic acids is 3. The average Bonchev–Trinajstić information content (AvgIpc) is 0.821. The van der Waals surface area contributed by atoms with Gasteiger partial charge in [0.1, 0.15) is 0 Å². The summed E-state index contributed by atoms with van der Waals surface area (Å²) in [5, 5.41) is 17.1. The quantitative estimate of drug-likeness (QED) is 0.0424. The number of unbranched alkanes of at least 4 members (excludes halogenated alkanes) is 2. The Labute approximate surface area is 546 Å². The van der Waals surface area contributed by atoms with Crippen LogP contribution in [0.25, 0.3) is 22.3 Å². The number of carbonyl (C=O) groups is 4. The number of rotatable bonds is 24. The minimum absolute atomic E-state index is 0.0409. The van der Waals surface area contributed by atoms with Crippen molar-refractivity contribution in [1.29, 1.82) is 0 Å². The van der Waals surface area contributed by atoms with E-state index in [2.05, 4.69) is 30.1 Å². The first-order valence-corrected chi connectivity index (χ1v) is 31.3. The van der Waals surface area contributed by atoms with Crippen LogP contribution in [0.4, 0.5) is 74.2 Å². The van der Waals surface area contributed by atoms with Crippen LogP contribution in [0.1, 0.15) is 151 Å². The van der Waals surface area contributed by atoms with Crippen LogP contribution in [0.15, 0.2) is 86.0 Å². The molecule has 2 unspecified atom stereocenters. The molecule has 0 radical (unpaired) electrons. The molecule has 2 aliphatic rings. The zero-order valence-electron chi connectivity index (χ0n) is 53.7. The lowest BCUT2D eigenvalue weighted by atomic mass is 9.87. The summed E-state index contributed by atoms with van der Waals surface area (Å²) in [5.41, 5.74) is 1.76. The predicted octanol–water partition coefficient (Wildman–Crippen LogP) is 14.1. The van der Waals surface area contributed by atoms with Gasteiger partial charge in [-0.25, -0.2) is 29.5 Å². The molecule has 524 valence electrons. The Kier molecular flexibility index (Phi) is 25.1. The van der Waals surface area contributed by atoms with Gasteiger partial charge in [-0.3, -0.25) is 19.0 Å². The van der Waals surface area contributed by atoms with Gasteiger partial charge in [0.25, 0.3) is 0 Å². The van der Waals surface area contributed by atoms with E-state index in [4.69, 9.17) is 20.3 Å². The number of nitrogens with zero attached hydrogens (tertiary/aromatic N) is 12. The molecule has 3 amide bonds. The van der Waals surface area contributed by atoms with E-state index < -0.39 is 83.1 Å². The molecule has 0 aliphatic carbocycles. The van der Waals surface area contributed by atoms with Crippen LogP contribution in [-0.4, -0.2) is 128 Å². The molecule has 96 heavy (non-hydrogen) atoms. The van der Waals surface area contributed by atoms with Gasteiger partial charge in [-0.2, -0.15) is 62.9 Å². The molecule has 4 aromatic heterocycles. The van der Waals surface area contributed by atoms with Crippen LogP contribution >= 0.6 is 0 Å². The Bertz CT molecular complexity index is 3230. The lowest BCUT2D eigenvalue weighted by Crippen LogP contribution is -2.57. The summed E-state index contributed by atoms with van der Waals surface area (Å²) >= 11 is 0. The standard InChI is InChI=1S/C32H39F6N7O3.C32H38F6N6O4/c1-4-25-13-27(14-26(5-2)45(25)30(47)48-9-7-6-8-28(39)46)44(29-40-15-21(16-41-29)22-17-42-43(3)19-22)18-20-10-23(31(33,34)35)12-24(11-20)32(36,37)38;1-4-25-13-27(14-26(5-2)44(25)30(47)48-9-7-6-8-28(45)46)43(29-39-15-21(16-40-29)22-17-41-42(3)19-22)18-20-10-23(31(33,34)35)12-24(11-20)32(36,37)38/h10-12,15-17,19,25-27H,4-9,13-14,18H2,1-3H3,(H2,39,46);10-12,15-17,19,25-27H,4-9,13-14,18H2,1-3H3,(H,45,46)/t2*25-,26+,27?. The average molecular weight is 1370 g/mol. The number of carboxylic acid groups (broad SMARTS) is 1. The number of nitrogens with two attached hydrogens (primary N) is 1. The van der Waals surface area contributed by atoms with Gasteiger partial charge in [0, 0.05) is 136 Å². The van der Waals surface area contributed by atoms with Gasteiger partial charge >= 0.3 is 42.9 Å². The topological polar surface area (TPSA) is 233 Å². The first-order chi connectivity index (χ1) is 45.2. The van der Waals surface area contributed by atoms with Gasteiger partial charge in [-0.1, -0.05) is 27.7 Å². The fraction of sp³-hybridized carbons (Fsp3) is 0.531. The molecular formula is C64H77F12N13O7. The molecular weight excluding hydrogens is 1290 g/mol. The van der Waals surface area contributed by atoms with Gasteiger partial charge in [0.15, 0.2) is 0 Å². The fourth-order valence-corrected chi connectivity index (χ4v) is 12.0. The lowest BCUT2D eigenvalue weighted by molar-refractivity contribution is -0.144. The normalized spacial score (nSPS) is 18.5. The van der Waals surface area contributed by atoms with E-state index in [0.29, 0.717) is 112 Å². The number of ether oxygens (including phenoxy) is 2. The van der Waals surface area contributed by atoms with Gasteiger partial charge in [0.2, 0.25) is 17.8 Å². The highest BCUT2D eigenvalue weighted by atomic mass is 19.4. The third-order valence-electron chi connectivity index (χ3n) is 16.9. The first-order valence-electron chi connectivity index (χ1n) is 31.3. The van der Waals surface area contributed by atoms with E-state index in [1.807, 2.05) is 27.7 Å². The Morgan fingerprint density at radius 2 is 0.802 bits per heavy atom. The lowest BCUT2D eigenvalue weighted by Gasteiger charge is -2.47. The molecule has 8 rings (SSSR count). The maximum absolute atomic E-state index is 13.8. The highest BCUT2D eigenvalue weighted by Crippen LogP contribution is 2.41. The van der Waals surface area contributed by atoms with Crippen LogP contribution in [-0.2, 0) is 71.0 Å². The Morgan fingerprint density at radius 3 is 1.06 bits per heavy atom. The minimum atomic E-state index is -5.01. The molecule has 2 aliphatic heterocycles. The fourth-order valence-electron chi connectivity index (χ4n) is 12.0. The van der Waals surface area contributed by atoms with Crippen LogP contribution in [0.3, 0.4) is 0 Å². The number of alkyl halides is 12. The zero-order chi connectivity index (χ0) is 70.5. The second-order valence-corrected chi connectivity index (χ2v) is 23.7. The van der Waals surface area contributed by atoms with Crippen molar-refractivity contribution in [2.24, 2.45) is 19.8 Å². The predicted molar refractivity (Wildman–Crippen MR) is 327 cm³/mol. The van der Waals surface area contributed by atoms with Crippen molar-refractivity contribution in [2.45, 2.75) is 192 Å². The van der Waals surface area contributed by atoms with Crippen molar-refractivity contribution in [2.75, 3.05) is 23.0 Å². The van der Waals surface area contributed by atoms with Crippen LogP contribution in [0.5, 0.6) is 0 Å². The zero-order valence-corrected chi connectivity index (χ0v) is 53.7. The van der Waals surface area contributed by atoms with Crippen LogP contribution in [0.2, 0.25) is 0 Å². The van der Waals surface area contributed by atoms with Crippen molar-refractivity contribution < 1.29 is 86.4 Å². The maximum Gasteiger partial charge on any atom is 0.416 e. The molecule has 3 N–H and O–H groups in total. The van der Waals surface area contributed by atoms with Gasteiger partial charge < -0.3 is 39.9 Å². The van der Waals surface area contributed by atoms with Gasteiger partial charge in [-0.05, 0) is 125 Å². The van der Waals surface area contributed by atoms with Gasteiger partial charge in [0.05, 0.1) is 47.9 Å². The number of amides is 3. The van der Waals surface area contributed by atoms with Crippen molar-refractivity contribution in [1.82, 2.24) is 49.3 Å². The molecule has 0 bridgehead atoms. The van der Waals surface area contributed by atoms with E-state index in [1.54, 1.807) is 67.8 Å². The molecule has 2 fully saturated rings. The number of piperidine rings is 2. The highest BCUT2D eigenvalue weighted by molar-refractivity contribution is 5.73. The summed E-state index contributed by atoms with van der Waals surface area (Å²) in [6, 6.07) is 0.679. The van der Waals surface area contributed by atoms with E-state index in [-0.39, 0.29) is 98.5 Å². The summed E-state index contributed by atoms with van der Waals surface area (Å²) in [5.74, 6) is -1.16. The third-order valence-corrected chi connectivity index (χ3v) is 16.9. The van der Waals surface area contributed by atoms with Gasteiger partial charge in [-0.15, -0.1) is 0 Å². The number of halogens is 12. The SMILES string of the molecule is CC[C@@H]1CC(N(Cc2cc(C(F)(F)F)cc(C(F)(F)F)c2)c2ncc(-c3cnn(C)c3)cn2)C[C@H](CC)N1C(=O)OCCCCC(=O)O.CC[C@@H]1CC(N(Cc2cc(C(F)(F)F)cc(C(F)(F)F)c2)c2ncc(-c3cnn(C)c3)cn2)C[C@H](CC)N1C(=O)OCCCCC(N)=O. The number of aliphatic carboxylic acids is 1. The van der Waals surface area contributed by atoms with Crippen molar-refractivity contribution in [3.05, 3.63) is 119 Å². The number of anilines is 2. The number of aromatic nitrogens is 8. The Balaban J connectivity index is 0.000000271. The maximum atomic E-state index is 13.8. The van der Waals surface area contributed by atoms with E-state index >= 15 is 0 Å². The van der Waals surface area contributed by atoms with Crippen LogP contribution in [0, 0.1) is 0 Å². The number of primary amides is 1. The molecule has 2 saturated heterocycles. The molecule has 6 atom stereocenters. The number of benzene rings is 2. The van der Waals surface area contributed by atoms with Crippen LogP contribution < -0.4 is 15.5 Å². The molecule has 0 spiro atoms. The Hall–Kier alpha value is -8.74. The molecule has 6 heterocycles. The molecule has 6 aromatic rings. The third kappa shape index (κ3) is 20.2. The highest BCUT2D eigenvalue weighted by Gasteiger charge is 2.44. The van der Waals surface area contributed by atoms with E-state index in [0.717, 1.165) is 11.1 Å². The number of hydrogen-bond acceptors (Lipinski definition) is 14.